The molecule has 0 saturated carbocycles. The van der Waals surface area contributed by atoms with E-state index in [1.54, 1.807) is 8.61 Å². The van der Waals surface area contributed by atoms with Gasteiger partial charge in [-0.2, -0.15) is 4.31 Å². The third kappa shape index (κ3) is 3.16. The van der Waals surface area contributed by atoms with Crippen LogP contribution in [-0.4, -0.2) is 26.0 Å². The Morgan fingerprint density at radius 2 is 1.75 bits per heavy atom. The summed E-state index contributed by atoms with van der Waals surface area (Å²) in [5, 5.41) is 0. The van der Waals surface area contributed by atoms with E-state index in [4.69, 9.17) is 5.73 Å². The first-order valence-electron chi connectivity index (χ1n) is 8.24. The fraction of sp³-hybridized carbons (Fsp3) is 0.333. The standard InChI is InChI=1S/C18H25N3O2S/c1-15(8-7-13-19)20-14-16-9-5-6-12-18(16)21(24(20,22)23)17-10-3-2-4-11-17/h2-6,9-12,15,22-23H,7-8,13-14,19H2,1H3. The van der Waals surface area contributed by atoms with Crippen LogP contribution in [0.2, 0.25) is 0 Å². The molecule has 5 nitrogen and oxygen atoms in total. The van der Waals surface area contributed by atoms with Gasteiger partial charge in [0.05, 0.1) is 11.4 Å². The minimum Gasteiger partial charge on any atom is -0.330 e. The molecule has 0 aromatic heterocycles. The Kier molecular flexibility index (Phi) is 5.12. The Hall–Kier alpha value is -1.57. The fourth-order valence-corrected chi connectivity index (χ4v) is 5.09. The molecule has 2 aromatic carbocycles. The fourth-order valence-electron chi connectivity index (χ4n) is 3.13. The van der Waals surface area contributed by atoms with Crippen LogP contribution in [0.5, 0.6) is 0 Å². The molecule has 1 aliphatic heterocycles. The van der Waals surface area contributed by atoms with E-state index in [0.717, 1.165) is 29.8 Å². The number of nitrogens with two attached hydrogens (primary N) is 1. The molecule has 0 bridgehead atoms. The summed E-state index contributed by atoms with van der Waals surface area (Å²) >= 11 is 0. The number of fused-ring (bicyclic) bond motifs is 1. The maximum atomic E-state index is 11.1. The molecule has 24 heavy (non-hydrogen) atoms. The van der Waals surface area contributed by atoms with Crippen LogP contribution in [0.4, 0.5) is 11.4 Å². The zero-order valence-corrected chi connectivity index (χ0v) is 14.7. The zero-order chi connectivity index (χ0) is 17.2. The molecule has 0 amide bonds. The third-order valence-corrected chi connectivity index (χ3v) is 6.42. The van der Waals surface area contributed by atoms with Crippen LogP contribution in [0.1, 0.15) is 25.3 Å². The number of hydrogen-bond acceptors (Lipinski definition) is 5. The van der Waals surface area contributed by atoms with Gasteiger partial charge >= 0.3 is 0 Å². The quantitative estimate of drug-likeness (QED) is 0.750. The molecular formula is C18H25N3O2S. The smallest absolute Gasteiger partial charge is 0.0686 e. The van der Waals surface area contributed by atoms with E-state index >= 15 is 0 Å². The third-order valence-electron chi connectivity index (χ3n) is 4.40. The van der Waals surface area contributed by atoms with E-state index in [2.05, 4.69) is 0 Å². The Balaban J connectivity index is 2.05. The van der Waals surface area contributed by atoms with Crippen molar-refractivity contribution in [3.8, 4) is 0 Å². The normalized spacial score (nSPS) is 19.6. The molecule has 2 aromatic rings. The van der Waals surface area contributed by atoms with Crippen molar-refractivity contribution in [2.75, 3.05) is 10.8 Å². The van der Waals surface area contributed by atoms with E-state index in [1.807, 2.05) is 61.5 Å². The maximum Gasteiger partial charge on any atom is 0.0686 e. The highest BCUT2D eigenvalue weighted by atomic mass is 32.3. The lowest BCUT2D eigenvalue weighted by Gasteiger charge is -2.55. The lowest BCUT2D eigenvalue weighted by Crippen LogP contribution is -2.45. The molecule has 3 rings (SSSR count). The van der Waals surface area contributed by atoms with E-state index < -0.39 is 11.0 Å². The predicted octanol–water partition coefficient (Wildman–Crippen LogP) is 4.35. The average Bonchev–Trinajstić information content (AvgIpc) is 2.59. The minimum absolute atomic E-state index is 0.0260. The van der Waals surface area contributed by atoms with Crippen molar-refractivity contribution in [1.82, 2.24) is 4.31 Å². The van der Waals surface area contributed by atoms with Crippen molar-refractivity contribution in [1.29, 1.82) is 0 Å². The van der Waals surface area contributed by atoms with Gasteiger partial charge in [-0.3, -0.25) is 9.11 Å². The lowest BCUT2D eigenvalue weighted by molar-refractivity contribution is 0.270. The van der Waals surface area contributed by atoms with Crippen molar-refractivity contribution in [3.05, 3.63) is 60.2 Å². The van der Waals surface area contributed by atoms with Gasteiger partial charge in [0.25, 0.3) is 0 Å². The van der Waals surface area contributed by atoms with Crippen LogP contribution in [0.15, 0.2) is 54.6 Å². The first-order valence-corrected chi connectivity index (χ1v) is 9.70. The van der Waals surface area contributed by atoms with Crippen LogP contribution in [0, 0.1) is 0 Å². The summed E-state index contributed by atoms with van der Waals surface area (Å²) in [7, 11) is -3.13. The molecular weight excluding hydrogens is 322 g/mol. The maximum absolute atomic E-state index is 11.1. The van der Waals surface area contributed by atoms with Gasteiger partial charge in [-0.05, 0) is 61.0 Å². The van der Waals surface area contributed by atoms with Crippen molar-refractivity contribution in [2.45, 2.75) is 32.4 Å². The summed E-state index contributed by atoms with van der Waals surface area (Å²) in [6, 6.07) is 17.5. The summed E-state index contributed by atoms with van der Waals surface area (Å²) in [6.07, 6.45) is 1.69. The van der Waals surface area contributed by atoms with Gasteiger partial charge in [-0.25, -0.2) is 4.31 Å². The van der Waals surface area contributed by atoms with Crippen LogP contribution < -0.4 is 10.0 Å². The van der Waals surface area contributed by atoms with Gasteiger partial charge in [0.2, 0.25) is 0 Å². The molecule has 1 heterocycles. The second-order valence-electron chi connectivity index (χ2n) is 6.10. The Morgan fingerprint density at radius 3 is 2.46 bits per heavy atom. The van der Waals surface area contributed by atoms with Gasteiger partial charge in [0.1, 0.15) is 0 Å². The molecule has 1 atom stereocenters. The van der Waals surface area contributed by atoms with E-state index in [9.17, 15) is 9.11 Å². The Bertz CT molecular complexity index is 681. The second kappa shape index (κ2) is 7.13. The van der Waals surface area contributed by atoms with Crippen LogP contribution in [0.3, 0.4) is 0 Å². The molecule has 1 aliphatic rings. The molecule has 0 radical (unpaired) electrons. The highest BCUT2D eigenvalue weighted by Gasteiger charge is 2.39. The summed E-state index contributed by atoms with van der Waals surface area (Å²) in [5.41, 5.74) is 8.34. The van der Waals surface area contributed by atoms with Crippen LogP contribution >= 0.6 is 11.0 Å². The number of rotatable bonds is 5. The minimum atomic E-state index is -3.13. The molecule has 0 saturated heterocycles. The largest absolute Gasteiger partial charge is 0.330 e. The first-order chi connectivity index (χ1) is 11.6. The van der Waals surface area contributed by atoms with Crippen LogP contribution in [-0.2, 0) is 6.54 Å². The number of nitrogens with zero attached hydrogens (tertiary/aromatic N) is 2. The monoisotopic (exact) mass is 347 g/mol. The van der Waals surface area contributed by atoms with E-state index in [0.29, 0.717) is 13.1 Å². The molecule has 1 unspecified atom stereocenters. The van der Waals surface area contributed by atoms with Crippen LogP contribution in [0.25, 0.3) is 0 Å². The predicted molar refractivity (Wildman–Crippen MR) is 101 cm³/mol. The summed E-state index contributed by atoms with van der Waals surface area (Å²) in [5.74, 6) is 0. The van der Waals surface area contributed by atoms with E-state index in [1.165, 1.54) is 0 Å². The second-order valence-corrected chi connectivity index (χ2v) is 7.92. The summed E-state index contributed by atoms with van der Waals surface area (Å²) in [4.78, 5) is 0. The molecule has 6 heteroatoms. The topological polar surface area (TPSA) is 73.0 Å². The Labute approximate surface area is 145 Å². The van der Waals surface area contributed by atoms with Gasteiger partial charge < -0.3 is 5.73 Å². The lowest BCUT2D eigenvalue weighted by atomic mass is 10.1. The number of anilines is 2. The van der Waals surface area contributed by atoms with E-state index in [-0.39, 0.29) is 6.04 Å². The summed E-state index contributed by atoms with van der Waals surface area (Å²) < 4.78 is 25.7. The number of benzene rings is 2. The van der Waals surface area contributed by atoms with Crippen molar-refractivity contribution in [3.63, 3.8) is 0 Å². The zero-order valence-electron chi connectivity index (χ0n) is 13.9. The molecule has 4 N–H and O–H groups in total. The molecule has 0 spiro atoms. The molecule has 130 valence electrons. The molecule has 0 aliphatic carbocycles. The highest BCUT2D eigenvalue weighted by Crippen LogP contribution is 2.59. The van der Waals surface area contributed by atoms with Gasteiger partial charge in [0.15, 0.2) is 0 Å². The molecule has 0 fully saturated rings. The van der Waals surface area contributed by atoms with Gasteiger partial charge in [0, 0.05) is 12.6 Å². The summed E-state index contributed by atoms with van der Waals surface area (Å²) in [6.45, 7) is 3.16. The van der Waals surface area contributed by atoms with Crippen molar-refractivity contribution in [2.24, 2.45) is 5.73 Å². The van der Waals surface area contributed by atoms with Crippen molar-refractivity contribution >= 4 is 22.3 Å². The Morgan fingerprint density at radius 1 is 1.08 bits per heavy atom. The van der Waals surface area contributed by atoms with Gasteiger partial charge in [-0.1, -0.05) is 36.4 Å². The first kappa shape index (κ1) is 17.3. The number of hydrogen-bond donors (Lipinski definition) is 3. The number of para-hydroxylation sites is 2. The highest BCUT2D eigenvalue weighted by molar-refractivity contribution is 8.23. The van der Waals surface area contributed by atoms with Gasteiger partial charge in [-0.15, -0.1) is 0 Å². The SMILES string of the molecule is CC(CCCN)N1Cc2ccccc2N(c2ccccc2)S1(O)O. The average molecular weight is 347 g/mol. The van der Waals surface area contributed by atoms with Crippen molar-refractivity contribution < 1.29 is 9.11 Å².